The largest absolute Gasteiger partial charge is 0.346 e. The highest BCUT2D eigenvalue weighted by atomic mass is 16.1. The molecule has 0 radical (unpaired) electrons. The Morgan fingerprint density at radius 2 is 2.18 bits per heavy atom. The number of hydrogen-bond donors (Lipinski definition) is 1. The fourth-order valence-corrected chi connectivity index (χ4v) is 2.92. The van der Waals surface area contributed by atoms with E-state index in [4.69, 9.17) is 0 Å². The molecule has 1 fully saturated rings. The molecule has 1 aromatic heterocycles. The maximum atomic E-state index is 12.4. The summed E-state index contributed by atoms with van der Waals surface area (Å²) in [4.78, 5) is 12.4. The highest BCUT2D eigenvalue weighted by Gasteiger charge is 2.26. The van der Waals surface area contributed by atoms with Gasteiger partial charge in [0.25, 0.3) is 0 Å². The van der Waals surface area contributed by atoms with Gasteiger partial charge in [0.15, 0.2) is 5.78 Å². The normalized spacial score (nSPS) is 20.2. The first-order valence-electron chi connectivity index (χ1n) is 6.48. The van der Waals surface area contributed by atoms with Crippen LogP contribution in [0.2, 0.25) is 0 Å². The molecule has 94 valence electrons. The molecule has 1 atom stereocenters. The number of carbonyl (C=O) groups is 1. The van der Waals surface area contributed by atoms with Gasteiger partial charge in [-0.2, -0.15) is 0 Å². The number of Topliss-reactive ketones (excluding diaryl/α,β-unsaturated/α-hetero) is 1. The fraction of sp³-hybridized carbons (Fsp3) is 0.643. The molecule has 2 rings (SSSR count). The van der Waals surface area contributed by atoms with Crippen molar-refractivity contribution in [1.82, 2.24) is 9.88 Å². The molecule has 1 saturated heterocycles. The van der Waals surface area contributed by atoms with Gasteiger partial charge in [-0.25, -0.2) is 0 Å². The second kappa shape index (κ2) is 4.65. The van der Waals surface area contributed by atoms with Crippen LogP contribution in [0.3, 0.4) is 0 Å². The van der Waals surface area contributed by atoms with E-state index in [1.807, 2.05) is 6.07 Å². The Morgan fingerprint density at radius 1 is 1.47 bits per heavy atom. The maximum Gasteiger partial charge on any atom is 0.181 e. The summed E-state index contributed by atoms with van der Waals surface area (Å²) in [6.07, 6.45) is 2.09. The van der Waals surface area contributed by atoms with Gasteiger partial charge in [-0.3, -0.25) is 4.79 Å². The molecule has 3 nitrogen and oxygen atoms in total. The number of rotatable bonds is 3. The Hall–Kier alpha value is -1.09. The lowest BCUT2D eigenvalue weighted by Gasteiger charge is -2.14. The second-order valence-corrected chi connectivity index (χ2v) is 5.26. The molecule has 3 heteroatoms. The van der Waals surface area contributed by atoms with Crippen LogP contribution in [0.1, 0.15) is 54.5 Å². The van der Waals surface area contributed by atoms with E-state index in [9.17, 15) is 4.79 Å². The first-order chi connectivity index (χ1) is 8.02. The third kappa shape index (κ3) is 2.16. The molecule has 0 spiro atoms. The minimum Gasteiger partial charge on any atom is -0.346 e. The van der Waals surface area contributed by atoms with Gasteiger partial charge in [0.05, 0.1) is 6.04 Å². The van der Waals surface area contributed by atoms with Crippen LogP contribution < -0.4 is 5.32 Å². The molecule has 1 N–H and O–H groups in total. The van der Waals surface area contributed by atoms with Crippen molar-refractivity contribution in [3.05, 3.63) is 23.0 Å². The van der Waals surface area contributed by atoms with Crippen molar-refractivity contribution < 1.29 is 4.79 Å². The van der Waals surface area contributed by atoms with Crippen LogP contribution in [0.25, 0.3) is 0 Å². The van der Waals surface area contributed by atoms with Gasteiger partial charge in [0.1, 0.15) is 0 Å². The monoisotopic (exact) mass is 234 g/mol. The summed E-state index contributed by atoms with van der Waals surface area (Å²) in [5.41, 5.74) is 3.19. The van der Waals surface area contributed by atoms with Crippen LogP contribution >= 0.6 is 0 Å². The molecule has 0 amide bonds. The zero-order valence-corrected chi connectivity index (χ0v) is 11.2. The van der Waals surface area contributed by atoms with Crippen molar-refractivity contribution in [2.45, 2.75) is 52.6 Å². The molecule has 0 aliphatic carbocycles. The summed E-state index contributed by atoms with van der Waals surface area (Å²) in [5.74, 6) is 0.266. The molecule has 1 aliphatic rings. The number of carbonyl (C=O) groups excluding carboxylic acids is 1. The van der Waals surface area contributed by atoms with Crippen molar-refractivity contribution in [2.24, 2.45) is 0 Å². The SMILES string of the molecule is Cc1cc(C(=O)C2CCCN2)c(C)n1C(C)C. The first-order valence-corrected chi connectivity index (χ1v) is 6.48. The first kappa shape index (κ1) is 12.4. The minimum absolute atomic E-state index is 0.0381. The number of hydrogen-bond acceptors (Lipinski definition) is 2. The third-order valence-corrected chi connectivity index (χ3v) is 3.64. The van der Waals surface area contributed by atoms with E-state index in [0.717, 1.165) is 30.6 Å². The zero-order chi connectivity index (χ0) is 12.6. The summed E-state index contributed by atoms with van der Waals surface area (Å²) < 4.78 is 2.24. The summed E-state index contributed by atoms with van der Waals surface area (Å²) in [7, 11) is 0. The molecule has 0 bridgehead atoms. The second-order valence-electron chi connectivity index (χ2n) is 5.26. The number of aryl methyl sites for hydroxylation is 1. The van der Waals surface area contributed by atoms with E-state index in [2.05, 4.69) is 37.6 Å². The number of nitrogens with one attached hydrogen (secondary N) is 1. The van der Waals surface area contributed by atoms with Crippen LogP contribution in [0.5, 0.6) is 0 Å². The third-order valence-electron chi connectivity index (χ3n) is 3.64. The molecule has 0 saturated carbocycles. The van der Waals surface area contributed by atoms with Crippen molar-refractivity contribution in [3.63, 3.8) is 0 Å². The van der Waals surface area contributed by atoms with Crippen molar-refractivity contribution in [3.8, 4) is 0 Å². The van der Waals surface area contributed by atoms with Gasteiger partial charge in [0.2, 0.25) is 0 Å². The average molecular weight is 234 g/mol. The van der Waals surface area contributed by atoms with Crippen LogP contribution in [0.15, 0.2) is 6.07 Å². The standard InChI is InChI=1S/C14H22N2O/c1-9(2)16-10(3)8-12(11(16)4)14(17)13-6-5-7-15-13/h8-9,13,15H,5-7H2,1-4H3. The average Bonchev–Trinajstić information content (AvgIpc) is 2.85. The maximum absolute atomic E-state index is 12.4. The molecular weight excluding hydrogens is 212 g/mol. The predicted octanol–water partition coefficient (Wildman–Crippen LogP) is 2.62. The van der Waals surface area contributed by atoms with Crippen LogP contribution in [0, 0.1) is 13.8 Å². The van der Waals surface area contributed by atoms with Gasteiger partial charge in [-0.05, 0) is 53.1 Å². The lowest BCUT2D eigenvalue weighted by Crippen LogP contribution is -2.31. The molecule has 1 aromatic rings. The number of aromatic nitrogens is 1. The Morgan fingerprint density at radius 3 is 2.65 bits per heavy atom. The van der Waals surface area contributed by atoms with Crippen LogP contribution in [-0.2, 0) is 0 Å². The van der Waals surface area contributed by atoms with E-state index in [1.165, 1.54) is 5.69 Å². The van der Waals surface area contributed by atoms with Gasteiger partial charge >= 0.3 is 0 Å². The van der Waals surface area contributed by atoms with Crippen molar-refractivity contribution in [2.75, 3.05) is 6.54 Å². The minimum atomic E-state index is 0.0381. The molecular formula is C14H22N2O. The van der Waals surface area contributed by atoms with E-state index in [1.54, 1.807) is 0 Å². The smallest absolute Gasteiger partial charge is 0.181 e. The number of nitrogens with zero attached hydrogens (tertiary/aromatic N) is 1. The summed E-state index contributed by atoms with van der Waals surface area (Å²) in [6, 6.07) is 2.49. The van der Waals surface area contributed by atoms with Crippen LogP contribution in [-0.4, -0.2) is 22.9 Å². The van der Waals surface area contributed by atoms with E-state index >= 15 is 0 Å². The Balaban J connectivity index is 2.32. The van der Waals surface area contributed by atoms with E-state index < -0.39 is 0 Å². The topological polar surface area (TPSA) is 34.0 Å². The lowest BCUT2D eigenvalue weighted by atomic mass is 10.0. The Bertz CT molecular complexity index is 426. The molecule has 1 unspecified atom stereocenters. The Labute approximate surface area is 103 Å². The quantitative estimate of drug-likeness (QED) is 0.816. The summed E-state index contributed by atoms with van der Waals surface area (Å²) >= 11 is 0. The van der Waals surface area contributed by atoms with Gasteiger partial charge in [-0.1, -0.05) is 0 Å². The highest BCUT2D eigenvalue weighted by Crippen LogP contribution is 2.22. The van der Waals surface area contributed by atoms with Crippen molar-refractivity contribution >= 4 is 5.78 Å². The molecule has 1 aliphatic heterocycles. The molecule has 0 aromatic carbocycles. The summed E-state index contributed by atoms with van der Waals surface area (Å²) in [5, 5.41) is 3.28. The van der Waals surface area contributed by atoms with E-state index in [0.29, 0.717) is 6.04 Å². The van der Waals surface area contributed by atoms with Gasteiger partial charge < -0.3 is 9.88 Å². The zero-order valence-electron chi connectivity index (χ0n) is 11.2. The predicted molar refractivity (Wildman–Crippen MR) is 69.6 cm³/mol. The van der Waals surface area contributed by atoms with E-state index in [-0.39, 0.29) is 11.8 Å². The van der Waals surface area contributed by atoms with Gasteiger partial charge in [-0.15, -0.1) is 0 Å². The summed E-state index contributed by atoms with van der Waals surface area (Å²) in [6.45, 7) is 9.41. The van der Waals surface area contributed by atoms with Crippen molar-refractivity contribution in [1.29, 1.82) is 0 Å². The number of ketones is 1. The van der Waals surface area contributed by atoms with Gasteiger partial charge in [0, 0.05) is 23.0 Å². The molecule has 2 heterocycles. The lowest BCUT2D eigenvalue weighted by molar-refractivity contribution is 0.0951. The Kier molecular flexibility index (Phi) is 3.38. The molecule has 17 heavy (non-hydrogen) atoms. The van der Waals surface area contributed by atoms with Crippen LogP contribution in [0.4, 0.5) is 0 Å². The fourth-order valence-electron chi connectivity index (χ4n) is 2.92. The highest BCUT2D eigenvalue weighted by molar-refractivity contribution is 6.01.